The second kappa shape index (κ2) is 18.8. The van der Waals surface area contributed by atoms with Gasteiger partial charge in [0.05, 0.1) is 68.4 Å². The molecule has 12 heteroatoms. The molecule has 0 unspecified atom stereocenters. The lowest BCUT2D eigenvalue weighted by molar-refractivity contribution is -0.149. The minimum atomic E-state index is -1.04. The molecule has 2 aromatic carbocycles. The summed E-state index contributed by atoms with van der Waals surface area (Å²) in [6.45, 7) is 4.95. The van der Waals surface area contributed by atoms with Crippen molar-refractivity contribution in [3.8, 4) is 0 Å². The van der Waals surface area contributed by atoms with Crippen molar-refractivity contribution in [3.63, 3.8) is 0 Å². The summed E-state index contributed by atoms with van der Waals surface area (Å²) in [4.78, 5) is 25.0. The molecule has 0 aliphatic rings. The minimum Gasteiger partial charge on any atom is -0.460 e. The molecule has 0 spiro atoms. The molecule has 1 amide bonds. The Morgan fingerprint density at radius 3 is 2.10 bits per heavy atom. The first kappa shape index (κ1) is 32.8. The number of benzene rings is 2. The summed E-state index contributed by atoms with van der Waals surface area (Å²) < 4.78 is 26.4. The SMILES string of the molecule is COCCOCCOCCOCCNC(=O)[C@@H](N)[C@@H](C)OC(=O)Cc1ccccc1Nc1c(Cl)cccc1Cl. The molecule has 216 valence electrons. The number of anilines is 2. The number of methoxy groups -OCH3 is 1. The van der Waals surface area contributed by atoms with E-state index >= 15 is 0 Å². The zero-order valence-electron chi connectivity index (χ0n) is 22.3. The molecule has 0 aliphatic heterocycles. The third-order valence-electron chi connectivity index (χ3n) is 5.42. The fourth-order valence-corrected chi connectivity index (χ4v) is 3.78. The van der Waals surface area contributed by atoms with Crippen molar-refractivity contribution in [1.82, 2.24) is 5.32 Å². The summed E-state index contributed by atoms with van der Waals surface area (Å²) in [5, 5.41) is 6.75. The number of nitrogens with two attached hydrogens (primary N) is 1. The maximum absolute atomic E-state index is 12.6. The number of hydrogen-bond donors (Lipinski definition) is 3. The van der Waals surface area contributed by atoms with Gasteiger partial charge >= 0.3 is 5.97 Å². The van der Waals surface area contributed by atoms with E-state index < -0.39 is 24.0 Å². The first-order valence-electron chi connectivity index (χ1n) is 12.6. The maximum atomic E-state index is 12.6. The van der Waals surface area contributed by atoms with Gasteiger partial charge in [0.25, 0.3) is 0 Å². The molecule has 39 heavy (non-hydrogen) atoms. The Morgan fingerprint density at radius 1 is 0.872 bits per heavy atom. The van der Waals surface area contributed by atoms with E-state index in [2.05, 4.69) is 10.6 Å². The summed E-state index contributed by atoms with van der Waals surface area (Å²) in [6, 6.07) is 11.3. The van der Waals surface area contributed by atoms with E-state index in [9.17, 15) is 9.59 Å². The third kappa shape index (κ3) is 12.5. The van der Waals surface area contributed by atoms with Gasteiger partial charge in [0, 0.05) is 19.3 Å². The second-order valence-corrected chi connectivity index (χ2v) is 9.21. The van der Waals surface area contributed by atoms with E-state index in [1.165, 1.54) is 0 Å². The number of amides is 1. The van der Waals surface area contributed by atoms with Gasteiger partial charge in [0.1, 0.15) is 12.1 Å². The minimum absolute atomic E-state index is 0.0425. The van der Waals surface area contributed by atoms with E-state index in [-0.39, 0.29) is 13.0 Å². The molecule has 0 bridgehead atoms. The Bertz CT molecular complexity index is 1010. The molecule has 2 rings (SSSR count). The Kier molecular flexibility index (Phi) is 15.8. The number of carbonyl (C=O) groups is 2. The van der Waals surface area contributed by atoms with Crippen LogP contribution in [-0.4, -0.2) is 83.9 Å². The van der Waals surface area contributed by atoms with Crippen LogP contribution in [0.4, 0.5) is 11.4 Å². The number of para-hydroxylation sites is 2. The molecule has 0 saturated heterocycles. The van der Waals surface area contributed by atoms with Crippen LogP contribution in [0, 0.1) is 0 Å². The van der Waals surface area contributed by atoms with E-state index in [4.69, 9.17) is 52.6 Å². The smallest absolute Gasteiger partial charge is 0.310 e. The fraction of sp³-hybridized carbons (Fsp3) is 0.481. The van der Waals surface area contributed by atoms with Gasteiger partial charge in [-0.1, -0.05) is 47.5 Å². The normalized spacial score (nSPS) is 12.5. The van der Waals surface area contributed by atoms with Crippen molar-refractivity contribution < 1.29 is 33.3 Å². The van der Waals surface area contributed by atoms with Crippen molar-refractivity contribution >= 4 is 46.5 Å². The van der Waals surface area contributed by atoms with E-state index in [1.54, 1.807) is 50.4 Å². The topological polar surface area (TPSA) is 130 Å². The lowest BCUT2D eigenvalue weighted by atomic mass is 10.1. The number of rotatable bonds is 19. The van der Waals surface area contributed by atoms with E-state index in [1.807, 2.05) is 6.07 Å². The van der Waals surface area contributed by atoms with Crippen LogP contribution in [0.3, 0.4) is 0 Å². The first-order valence-corrected chi connectivity index (χ1v) is 13.3. The highest BCUT2D eigenvalue weighted by Crippen LogP contribution is 2.33. The van der Waals surface area contributed by atoms with Crippen LogP contribution in [-0.2, 0) is 39.7 Å². The number of esters is 1. The van der Waals surface area contributed by atoms with Crippen LogP contribution < -0.4 is 16.4 Å². The third-order valence-corrected chi connectivity index (χ3v) is 6.05. The highest BCUT2D eigenvalue weighted by molar-refractivity contribution is 6.39. The molecule has 10 nitrogen and oxygen atoms in total. The Hall–Kier alpha value is -2.44. The largest absolute Gasteiger partial charge is 0.460 e. The lowest BCUT2D eigenvalue weighted by Gasteiger charge is -2.20. The molecule has 2 atom stereocenters. The highest BCUT2D eigenvalue weighted by Gasteiger charge is 2.24. The summed E-state index contributed by atoms with van der Waals surface area (Å²) in [5.41, 5.74) is 7.85. The zero-order valence-corrected chi connectivity index (χ0v) is 23.8. The van der Waals surface area contributed by atoms with Gasteiger partial charge in [0.15, 0.2) is 0 Å². The van der Waals surface area contributed by atoms with Crippen molar-refractivity contribution in [2.75, 3.05) is 65.2 Å². The number of nitrogens with one attached hydrogen (secondary N) is 2. The summed E-state index contributed by atoms with van der Waals surface area (Å²) in [6.07, 6.45) is -0.880. The van der Waals surface area contributed by atoms with Crippen molar-refractivity contribution in [2.45, 2.75) is 25.5 Å². The molecule has 0 radical (unpaired) electrons. The second-order valence-electron chi connectivity index (χ2n) is 8.40. The predicted octanol–water partition coefficient (Wildman–Crippen LogP) is 3.35. The average molecular weight is 587 g/mol. The zero-order chi connectivity index (χ0) is 28.5. The molecular weight excluding hydrogens is 549 g/mol. The van der Waals surface area contributed by atoms with Crippen LogP contribution in [0.25, 0.3) is 0 Å². The molecule has 0 fully saturated rings. The van der Waals surface area contributed by atoms with Gasteiger partial charge in [-0.15, -0.1) is 0 Å². The lowest BCUT2D eigenvalue weighted by Crippen LogP contribution is -2.49. The number of carbonyl (C=O) groups excluding carboxylic acids is 2. The summed E-state index contributed by atoms with van der Waals surface area (Å²) in [5.74, 6) is -0.975. The van der Waals surface area contributed by atoms with Crippen LogP contribution in [0.5, 0.6) is 0 Å². The van der Waals surface area contributed by atoms with E-state index in [0.717, 1.165) is 0 Å². The highest BCUT2D eigenvalue weighted by atomic mass is 35.5. The summed E-state index contributed by atoms with van der Waals surface area (Å²) >= 11 is 12.5. The molecular formula is C27H37Cl2N3O7. The van der Waals surface area contributed by atoms with Gasteiger partial charge in [0.2, 0.25) is 5.91 Å². The van der Waals surface area contributed by atoms with Gasteiger partial charge in [-0.2, -0.15) is 0 Å². The van der Waals surface area contributed by atoms with Crippen LogP contribution >= 0.6 is 23.2 Å². The molecule has 0 aliphatic carbocycles. The van der Waals surface area contributed by atoms with Crippen LogP contribution in [0.2, 0.25) is 10.0 Å². The number of ether oxygens (including phenoxy) is 5. The van der Waals surface area contributed by atoms with Gasteiger partial charge in [-0.05, 0) is 30.7 Å². The van der Waals surface area contributed by atoms with Crippen LogP contribution in [0.1, 0.15) is 12.5 Å². The standard InChI is InChI=1S/C27H37Cl2N3O7/c1-19(25(30)27(34)31-10-11-36-14-15-38-17-16-37-13-12-35-2)39-24(33)18-20-6-3-4-9-23(20)32-26-21(28)7-5-8-22(26)29/h3-9,19,25,32H,10-18,30H2,1-2H3,(H,31,34)/t19-,25+/m1/s1. The van der Waals surface area contributed by atoms with Gasteiger partial charge in [-0.3, -0.25) is 9.59 Å². The maximum Gasteiger partial charge on any atom is 0.310 e. The van der Waals surface area contributed by atoms with Gasteiger partial charge < -0.3 is 40.1 Å². The van der Waals surface area contributed by atoms with Crippen molar-refractivity contribution in [3.05, 3.63) is 58.1 Å². The van der Waals surface area contributed by atoms with Crippen molar-refractivity contribution in [2.24, 2.45) is 5.73 Å². The monoisotopic (exact) mass is 585 g/mol. The quantitative estimate of drug-likeness (QED) is 0.168. The van der Waals surface area contributed by atoms with Crippen molar-refractivity contribution in [1.29, 1.82) is 0 Å². The first-order chi connectivity index (χ1) is 18.8. The fourth-order valence-electron chi connectivity index (χ4n) is 3.29. The Morgan fingerprint density at radius 2 is 1.46 bits per heavy atom. The number of hydrogen-bond acceptors (Lipinski definition) is 9. The van der Waals surface area contributed by atoms with Gasteiger partial charge in [-0.25, -0.2) is 0 Å². The van der Waals surface area contributed by atoms with Crippen LogP contribution in [0.15, 0.2) is 42.5 Å². The average Bonchev–Trinajstić information content (AvgIpc) is 2.91. The predicted molar refractivity (Wildman–Crippen MR) is 151 cm³/mol. The Balaban J connectivity index is 1.68. The van der Waals surface area contributed by atoms with E-state index in [0.29, 0.717) is 73.2 Å². The summed E-state index contributed by atoms with van der Waals surface area (Å²) in [7, 11) is 1.62. The molecule has 0 aromatic heterocycles. The number of halogens is 2. The molecule has 2 aromatic rings. The molecule has 4 N–H and O–H groups in total. The molecule has 0 heterocycles. The Labute approximate surface area is 239 Å². The molecule has 0 saturated carbocycles.